The molecule has 0 fully saturated rings. The lowest BCUT2D eigenvalue weighted by atomic mass is 10.6. The van der Waals surface area contributed by atoms with E-state index in [2.05, 4.69) is 20.5 Å². The molecule has 1 aromatic heterocycles. The topological polar surface area (TPSA) is 86.2 Å². The Balaban J connectivity index is 2.57. The first-order chi connectivity index (χ1) is 6.77. The molecule has 7 heteroatoms. The molecule has 0 aliphatic heterocycles. The van der Waals surface area contributed by atoms with Crippen LogP contribution in [0.25, 0.3) is 0 Å². The Morgan fingerprint density at radius 3 is 2.64 bits per heavy atom. The van der Waals surface area contributed by atoms with Gasteiger partial charge in [0.2, 0.25) is 12.2 Å². The molecule has 0 bridgehead atoms. The van der Waals surface area contributed by atoms with Gasteiger partial charge in [-0.1, -0.05) is 0 Å². The standard InChI is InChI=1S/C7H10N4O3/c1-13-6(14-2)5(12)10-7-8-3-4-9-11-7/h3-4,6H,1-2H3,(H,8,10,11,12). The summed E-state index contributed by atoms with van der Waals surface area (Å²) in [5.74, 6) is -0.375. The lowest BCUT2D eigenvalue weighted by Gasteiger charge is -2.11. The van der Waals surface area contributed by atoms with Crippen LogP contribution in [0.15, 0.2) is 12.4 Å². The van der Waals surface area contributed by atoms with Gasteiger partial charge in [-0.2, -0.15) is 5.10 Å². The summed E-state index contributed by atoms with van der Waals surface area (Å²) in [6.07, 6.45) is 1.84. The fraction of sp³-hybridized carbons (Fsp3) is 0.429. The second-order valence-electron chi connectivity index (χ2n) is 2.26. The fourth-order valence-electron chi connectivity index (χ4n) is 0.784. The summed E-state index contributed by atoms with van der Waals surface area (Å²) < 4.78 is 9.45. The van der Waals surface area contributed by atoms with Crippen LogP contribution in [0.3, 0.4) is 0 Å². The van der Waals surface area contributed by atoms with Crippen molar-refractivity contribution in [3.63, 3.8) is 0 Å². The maximum atomic E-state index is 11.3. The first-order valence-corrected chi connectivity index (χ1v) is 3.78. The number of aromatic nitrogens is 3. The van der Waals surface area contributed by atoms with Crippen LogP contribution in [-0.2, 0) is 14.3 Å². The number of amides is 1. The highest BCUT2D eigenvalue weighted by atomic mass is 16.7. The molecule has 14 heavy (non-hydrogen) atoms. The van der Waals surface area contributed by atoms with Gasteiger partial charge in [-0.3, -0.25) is 10.1 Å². The molecule has 0 unspecified atom stereocenters. The SMILES string of the molecule is COC(OC)C(=O)Nc1nccnn1. The molecular formula is C7H10N4O3. The van der Waals surface area contributed by atoms with Gasteiger partial charge in [0.15, 0.2) is 0 Å². The van der Waals surface area contributed by atoms with Crippen LogP contribution in [0.2, 0.25) is 0 Å². The van der Waals surface area contributed by atoms with Gasteiger partial charge in [-0.25, -0.2) is 4.98 Å². The smallest absolute Gasteiger partial charge is 0.283 e. The molecule has 0 spiro atoms. The van der Waals surface area contributed by atoms with E-state index in [9.17, 15) is 4.79 Å². The highest BCUT2D eigenvalue weighted by Gasteiger charge is 2.17. The van der Waals surface area contributed by atoms with Gasteiger partial charge in [0.25, 0.3) is 5.91 Å². The number of ether oxygens (including phenoxy) is 2. The van der Waals surface area contributed by atoms with Crippen molar-refractivity contribution < 1.29 is 14.3 Å². The van der Waals surface area contributed by atoms with Gasteiger partial charge in [0.1, 0.15) is 0 Å². The number of hydrogen-bond acceptors (Lipinski definition) is 6. The molecule has 1 aromatic rings. The van der Waals surface area contributed by atoms with Gasteiger partial charge >= 0.3 is 0 Å². The largest absolute Gasteiger partial charge is 0.348 e. The van der Waals surface area contributed by atoms with Gasteiger partial charge in [-0.05, 0) is 0 Å². The van der Waals surface area contributed by atoms with Crippen molar-refractivity contribution in [1.29, 1.82) is 0 Å². The number of hydrogen-bond donors (Lipinski definition) is 1. The minimum atomic E-state index is -0.973. The normalized spacial score (nSPS) is 10.2. The highest BCUT2D eigenvalue weighted by molar-refractivity contribution is 5.91. The number of nitrogens with one attached hydrogen (secondary N) is 1. The van der Waals surface area contributed by atoms with E-state index in [1.54, 1.807) is 0 Å². The minimum absolute atomic E-state index is 0.108. The third-order valence-electron chi connectivity index (χ3n) is 1.36. The molecule has 0 saturated heterocycles. The number of carbonyl (C=O) groups excluding carboxylic acids is 1. The van der Waals surface area contributed by atoms with Gasteiger partial charge < -0.3 is 9.47 Å². The zero-order chi connectivity index (χ0) is 10.4. The number of rotatable bonds is 4. The van der Waals surface area contributed by atoms with Crippen LogP contribution in [0.5, 0.6) is 0 Å². The van der Waals surface area contributed by atoms with E-state index in [4.69, 9.17) is 9.47 Å². The second kappa shape index (κ2) is 5.20. The summed E-state index contributed by atoms with van der Waals surface area (Å²) in [7, 11) is 2.72. The van der Waals surface area contributed by atoms with Crippen LogP contribution in [0.4, 0.5) is 5.95 Å². The molecule has 0 atom stereocenters. The van der Waals surface area contributed by atoms with E-state index < -0.39 is 12.2 Å². The summed E-state index contributed by atoms with van der Waals surface area (Å²) in [6, 6.07) is 0. The van der Waals surface area contributed by atoms with E-state index in [0.29, 0.717) is 0 Å². The maximum absolute atomic E-state index is 11.3. The van der Waals surface area contributed by atoms with Crippen molar-refractivity contribution in [3.05, 3.63) is 12.4 Å². The Hall–Kier alpha value is -1.60. The van der Waals surface area contributed by atoms with E-state index in [1.807, 2.05) is 0 Å². The van der Waals surface area contributed by atoms with Crippen molar-refractivity contribution in [1.82, 2.24) is 15.2 Å². The molecule has 0 aliphatic carbocycles. The summed E-state index contributed by atoms with van der Waals surface area (Å²) >= 11 is 0. The quantitative estimate of drug-likeness (QED) is 0.652. The van der Waals surface area contributed by atoms with Crippen molar-refractivity contribution in [2.24, 2.45) is 0 Å². The molecule has 1 heterocycles. The van der Waals surface area contributed by atoms with Crippen LogP contribution in [0.1, 0.15) is 0 Å². The number of nitrogens with zero attached hydrogens (tertiary/aromatic N) is 3. The van der Waals surface area contributed by atoms with Gasteiger partial charge in [-0.15, -0.1) is 5.10 Å². The predicted molar refractivity (Wildman–Crippen MR) is 46.3 cm³/mol. The minimum Gasteiger partial charge on any atom is -0.348 e. The zero-order valence-corrected chi connectivity index (χ0v) is 7.80. The Morgan fingerprint density at radius 1 is 1.43 bits per heavy atom. The average Bonchev–Trinajstić information content (AvgIpc) is 2.21. The lowest BCUT2D eigenvalue weighted by Crippen LogP contribution is -2.31. The van der Waals surface area contributed by atoms with Gasteiger partial charge in [0.05, 0.1) is 12.4 Å². The van der Waals surface area contributed by atoms with E-state index in [0.717, 1.165) is 0 Å². The number of anilines is 1. The molecule has 0 aromatic carbocycles. The van der Waals surface area contributed by atoms with Gasteiger partial charge in [0, 0.05) is 14.2 Å². The third-order valence-corrected chi connectivity index (χ3v) is 1.36. The number of methoxy groups -OCH3 is 2. The first kappa shape index (κ1) is 10.5. The summed E-state index contributed by atoms with van der Waals surface area (Å²) in [4.78, 5) is 15.1. The van der Waals surface area contributed by atoms with Crippen LogP contribution in [0, 0.1) is 0 Å². The molecule has 0 radical (unpaired) electrons. The van der Waals surface area contributed by atoms with Crippen LogP contribution >= 0.6 is 0 Å². The molecule has 0 saturated carbocycles. The number of carbonyl (C=O) groups is 1. The Bertz CT molecular complexity index is 288. The average molecular weight is 198 g/mol. The first-order valence-electron chi connectivity index (χ1n) is 3.78. The summed E-state index contributed by atoms with van der Waals surface area (Å²) in [6.45, 7) is 0. The Labute approximate surface area is 80.5 Å². The van der Waals surface area contributed by atoms with Crippen molar-refractivity contribution >= 4 is 11.9 Å². The summed E-state index contributed by atoms with van der Waals surface area (Å²) in [5.41, 5.74) is 0. The fourth-order valence-corrected chi connectivity index (χ4v) is 0.784. The van der Waals surface area contributed by atoms with E-state index in [1.165, 1.54) is 26.6 Å². The monoisotopic (exact) mass is 198 g/mol. The third kappa shape index (κ3) is 2.71. The molecule has 76 valence electrons. The van der Waals surface area contributed by atoms with E-state index >= 15 is 0 Å². The maximum Gasteiger partial charge on any atom is 0.283 e. The van der Waals surface area contributed by atoms with Crippen molar-refractivity contribution in [2.75, 3.05) is 19.5 Å². The Morgan fingerprint density at radius 2 is 2.14 bits per heavy atom. The second-order valence-corrected chi connectivity index (χ2v) is 2.26. The van der Waals surface area contributed by atoms with E-state index in [-0.39, 0.29) is 5.95 Å². The van der Waals surface area contributed by atoms with Crippen LogP contribution in [-0.4, -0.2) is 41.6 Å². The zero-order valence-electron chi connectivity index (χ0n) is 7.80. The Kier molecular flexibility index (Phi) is 3.89. The lowest BCUT2D eigenvalue weighted by molar-refractivity contribution is -0.153. The molecule has 1 N–H and O–H groups in total. The summed E-state index contributed by atoms with van der Waals surface area (Å²) in [5, 5.41) is 9.48. The molecule has 0 aliphatic rings. The predicted octanol–water partition coefficient (Wildman–Crippen LogP) is -0.571. The van der Waals surface area contributed by atoms with Crippen LogP contribution < -0.4 is 5.32 Å². The highest BCUT2D eigenvalue weighted by Crippen LogP contribution is 1.97. The molecule has 1 amide bonds. The van der Waals surface area contributed by atoms with Crippen molar-refractivity contribution in [3.8, 4) is 0 Å². The van der Waals surface area contributed by atoms with Crippen molar-refractivity contribution in [2.45, 2.75) is 6.29 Å². The molecular weight excluding hydrogens is 188 g/mol. The molecule has 1 rings (SSSR count). The molecule has 7 nitrogen and oxygen atoms in total.